The Hall–Kier alpha value is -3.20. The van der Waals surface area contributed by atoms with E-state index in [9.17, 15) is 9.59 Å². The molecule has 9 heteroatoms. The molecule has 2 aromatic heterocycles. The first-order valence-electron chi connectivity index (χ1n) is 9.05. The van der Waals surface area contributed by atoms with Crippen molar-refractivity contribution in [2.75, 3.05) is 35.4 Å². The fourth-order valence-corrected chi connectivity index (χ4v) is 3.47. The number of cyclic esters (lactones) is 1. The lowest BCUT2D eigenvalue weighted by atomic mass is 10.1. The minimum atomic E-state index is -0.432. The quantitative estimate of drug-likeness (QED) is 0.854. The summed E-state index contributed by atoms with van der Waals surface area (Å²) in [4.78, 5) is 39.1. The van der Waals surface area contributed by atoms with Crippen molar-refractivity contribution in [1.29, 1.82) is 0 Å². The Balaban J connectivity index is 1.70. The maximum absolute atomic E-state index is 13.1. The van der Waals surface area contributed by atoms with Crippen LogP contribution in [0.4, 0.5) is 22.2 Å². The lowest BCUT2D eigenvalue weighted by Gasteiger charge is -2.20. The molecule has 0 unspecified atom stereocenters. The van der Waals surface area contributed by atoms with Crippen molar-refractivity contribution in [3.05, 3.63) is 41.1 Å². The van der Waals surface area contributed by atoms with Crippen molar-refractivity contribution in [3.8, 4) is 0 Å². The van der Waals surface area contributed by atoms with Crippen molar-refractivity contribution in [2.45, 2.75) is 26.1 Å². The third-order valence-electron chi connectivity index (χ3n) is 4.97. The average molecular weight is 382 g/mol. The number of anilines is 3. The van der Waals surface area contributed by atoms with Crippen molar-refractivity contribution < 1.29 is 14.3 Å². The number of hydrogen-bond donors (Lipinski definition) is 1. The highest BCUT2D eigenvalue weighted by molar-refractivity contribution is 6.10. The van der Waals surface area contributed by atoms with Gasteiger partial charge in [-0.1, -0.05) is 6.07 Å². The van der Waals surface area contributed by atoms with Gasteiger partial charge in [0.15, 0.2) is 0 Å². The highest BCUT2D eigenvalue weighted by Crippen LogP contribution is 2.32. The van der Waals surface area contributed by atoms with Gasteiger partial charge in [0, 0.05) is 26.2 Å². The summed E-state index contributed by atoms with van der Waals surface area (Å²) < 4.78 is 5.07. The number of nitrogens with zero attached hydrogens (tertiary/aromatic N) is 5. The van der Waals surface area contributed by atoms with Gasteiger partial charge >= 0.3 is 6.09 Å². The Kier molecular flexibility index (Phi) is 4.38. The van der Waals surface area contributed by atoms with Crippen LogP contribution in [0.25, 0.3) is 0 Å². The fraction of sp³-hybridized carbons (Fsp3) is 0.368. The summed E-state index contributed by atoms with van der Waals surface area (Å²) in [6.07, 6.45) is -0.432. The Morgan fingerprint density at radius 1 is 1.25 bits per heavy atom. The van der Waals surface area contributed by atoms with Crippen LogP contribution in [0.5, 0.6) is 0 Å². The molecule has 0 bridgehead atoms. The van der Waals surface area contributed by atoms with E-state index in [1.807, 2.05) is 25.9 Å². The molecule has 2 amide bonds. The summed E-state index contributed by atoms with van der Waals surface area (Å²) in [5, 5.41) is 0. The van der Waals surface area contributed by atoms with Gasteiger partial charge in [-0.15, -0.1) is 0 Å². The summed E-state index contributed by atoms with van der Waals surface area (Å²) in [5.74, 6) is 1.46. The molecule has 0 aliphatic carbocycles. The number of rotatable bonds is 4. The molecule has 2 aliphatic heterocycles. The zero-order chi connectivity index (χ0) is 20.0. The van der Waals surface area contributed by atoms with E-state index in [1.54, 1.807) is 29.2 Å². The van der Waals surface area contributed by atoms with E-state index in [1.165, 1.54) is 4.90 Å². The molecule has 0 saturated carbocycles. The molecular formula is C19H22N6O3. The Morgan fingerprint density at radius 2 is 2.00 bits per heavy atom. The van der Waals surface area contributed by atoms with Gasteiger partial charge in [-0.25, -0.2) is 14.8 Å². The number of carbonyl (C=O) groups is 2. The maximum Gasteiger partial charge on any atom is 0.415 e. The zero-order valence-electron chi connectivity index (χ0n) is 16.0. The lowest BCUT2D eigenvalue weighted by molar-refractivity contribution is 0.0996. The SMILES string of the molecule is C[C@H]1COC(=O)N1c1cccc(N2Cc3c(cc(N(C)C)nc3CN)C2=O)n1. The minimum Gasteiger partial charge on any atom is -0.447 e. The largest absolute Gasteiger partial charge is 0.447 e. The molecule has 0 aromatic carbocycles. The highest BCUT2D eigenvalue weighted by atomic mass is 16.6. The van der Waals surface area contributed by atoms with Gasteiger partial charge in [0.2, 0.25) is 0 Å². The molecular weight excluding hydrogens is 360 g/mol. The molecule has 2 aliphatic rings. The van der Waals surface area contributed by atoms with Crippen molar-refractivity contribution in [2.24, 2.45) is 5.73 Å². The van der Waals surface area contributed by atoms with Gasteiger partial charge in [0.05, 0.1) is 23.8 Å². The van der Waals surface area contributed by atoms with Crippen molar-refractivity contribution in [1.82, 2.24) is 9.97 Å². The zero-order valence-corrected chi connectivity index (χ0v) is 16.0. The number of amides is 2. The van der Waals surface area contributed by atoms with E-state index in [2.05, 4.69) is 9.97 Å². The first-order valence-corrected chi connectivity index (χ1v) is 9.05. The van der Waals surface area contributed by atoms with Crippen LogP contribution in [0, 0.1) is 0 Å². The number of pyridine rings is 2. The molecule has 9 nitrogen and oxygen atoms in total. The van der Waals surface area contributed by atoms with Crippen molar-refractivity contribution in [3.63, 3.8) is 0 Å². The number of carbonyl (C=O) groups excluding carboxylic acids is 2. The van der Waals surface area contributed by atoms with Gasteiger partial charge < -0.3 is 15.4 Å². The summed E-state index contributed by atoms with van der Waals surface area (Å²) in [7, 11) is 3.74. The van der Waals surface area contributed by atoms with Crippen LogP contribution in [0.1, 0.15) is 28.5 Å². The summed E-state index contributed by atoms with van der Waals surface area (Å²) >= 11 is 0. The predicted octanol–water partition coefficient (Wildman–Crippen LogP) is 1.51. The summed E-state index contributed by atoms with van der Waals surface area (Å²) in [5.41, 5.74) is 7.98. The second-order valence-electron chi connectivity index (χ2n) is 7.09. The van der Waals surface area contributed by atoms with Gasteiger partial charge in [-0.3, -0.25) is 14.6 Å². The molecule has 0 spiro atoms. The van der Waals surface area contributed by atoms with E-state index < -0.39 is 6.09 Å². The van der Waals surface area contributed by atoms with E-state index in [-0.39, 0.29) is 18.5 Å². The molecule has 4 rings (SSSR count). The molecule has 1 saturated heterocycles. The van der Waals surface area contributed by atoms with E-state index in [4.69, 9.17) is 10.5 Å². The fourth-order valence-electron chi connectivity index (χ4n) is 3.47. The number of fused-ring (bicyclic) bond motifs is 1. The van der Waals surface area contributed by atoms with Crippen LogP contribution >= 0.6 is 0 Å². The summed E-state index contributed by atoms with van der Waals surface area (Å²) in [6, 6.07) is 6.93. The van der Waals surface area contributed by atoms with E-state index >= 15 is 0 Å². The molecule has 146 valence electrons. The smallest absolute Gasteiger partial charge is 0.415 e. The standard InChI is InChI=1S/C19H22N6O3/c1-11-10-28-19(27)25(11)16-6-4-5-15(22-16)24-9-13-12(18(24)26)7-17(23(2)3)21-14(13)8-20/h4-7,11H,8-10,20H2,1-3H3/t11-/m0/s1. The Labute approximate surface area is 162 Å². The van der Waals surface area contributed by atoms with Gasteiger partial charge in [0.1, 0.15) is 24.1 Å². The van der Waals surface area contributed by atoms with E-state index in [0.717, 1.165) is 5.56 Å². The summed E-state index contributed by atoms with van der Waals surface area (Å²) in [6.45, 7) is 2.79. The van der Waals surface area contributed by atoms with Crippen LogP contribution in [-0.2, 0) is 17.8 Å². The molecule has 1 fully saturated rings. The number of ether oxygens (including phenoxy) is 1. The Morgan fingerprint density at radius 3 is 2.64 bits per heavy atom. The molecule has 28 heavy (non-hydrogen) atoms. The lowest BCUT2D eigenvalue weighted by Crippen LogP contribution is -2.32. The van der Waals surface area contributed by atoms with Crippen LogP contribution in [-0.4, -0.2) is 48.7 Å². The van der Waals surface area contributed by atoms with Crippen LogP contribution in [0.2, 0.25) is 0 Å². The molecule has 0 radical (unpaired) electrons. The molecule has 2 aromatic rings. The second-order valence-corrected chi connectivity index (χ2v) is 7.09. The highest BCUT2D eigenvalue weighted by Gasteiger charge is 2.35. The van der Waals surface area contributed by atoms with Crippen molar-refractivity contribution >= 4 is 29.5 Å². The Bertz CT molecular complexity index is 961. The minimum absolute atomic E-state index is 0.114. The normalized spacial score (nSPS) is 18.5. The number of nitrogens with two attached hydrogens (primary N) is 1. The van der Waals surface area contributed by atoms with Gasteiger partial charge in [-0.2, -0.15) is 0 Å². The maximum atomic E-state index is 13.1. The molecule has 4 heterocycles. The topological polar surface area (TPSA) is 105 Å². The number of aromatic nitrogens is 2. The number of hydrogen-bond acceptors (Lipinski definition) is 7. The van der Waals surface area contributed by atoms with Crippen LogP contribution < -0.4 is 20.4 Å². The first kappa shape index (κ1) is 18.2. The van der Waals surface area contributed by atoms with E-state index in [0.29, 0.717) is 41.9 Å². The average Bonchev–Trinajstić information content (AvgIpc) is 3.20. The second kappa shape index (κ2) is 6.75. The monoisotopic (exact) mass is 382 g/mol. The van der Waals surface area contributed by atoms with Gasteiger partial charge in [-0.05, 0) is 25.1 Å². The molecule has 2 N–H and O–H groups in total. The third kappa shape index (κ3) is 2.84. The third-order valence-corrected chi connectivity index (χ3v) is 4.97. The van der Waals surface area contributed by atoms with Crippen LogP contribution in [0.3, 0.4) is 0 Å². The van der Waals surface area contributed by atoms with Crippen LogP contribution in [0.15, 0.2) is 24.3 Å². The predicted molar refractivity (Wildman–Crippen MR) is 104 cm³/mol. The van der Waals surface area contributed by atoms with Gasteiger partial charge in [0.25, 0.3) is 5.91 Å². The molecule has 1 atom stereocenters. The first-order chi connectivity index (χ1) is 13.4.